The molecule has 6 heteroatoms. The molecule has 3 aromatic rings. The van der Waals surface area contributed by atoms with Crippen LogP contribution in [0, 0.1) is 5.82 Å². The van der Waals surface area contributed by atoms with Crippen molar-refractivity contribution in [1.29, 1.82) is 0 Å². The molecule has 0 fully saturated rings. The van der Waals surface area contributed by atoms with E-state index in [1.165, 1.54) is 17.4 Å². The standard InChI is InChI=1S/C16H13FN2O2S/c1-2-3-15(20)21-14-8-13(11-5-4-10(17)9-18-11)19-12-6-7-22-16(12)14/h4-9H,2-3H2,1H3. The Hall–Kier alpha value is -2.34. The first-order valence-electron chi connectivity index (χ1n) is 6.88. The SMILES string of the molecule is CCCC(=O)Oc1cc(-c2ccc(F)cn2)nc2ccsc12. The number of hydrogen-bond donors (Lipinski definition) is 0. The molecule has 0 aliphatic rings. The average molecular weight is 316 g/mol. The van der Waals surface area contributed by atoms with E-state index in [-0.39, 0.29) is 5.97 Å². The van der Waals surface area contributed by atoms with Gasteiger partial charge in [-0.15, -0.1) is 11.3 Å². The van der Waals surface area contributed by atoms with Crippen LogP contribution in [0.2, 0.25) is 0 Å². The molecule has 0 unspecified atom stereocenters. The van der Waals surface area contributed by atoms with Gasteiger partial charge in [0.25, 0.3) is 0 Å². The Morgan fingerprint density at radius 3 is 2.91 bits per heavy atom. The van der Waals surface area contributed by atoms with Crippen molar-refractivity contribution in [2.24, 2.45) is 0 Å². The fourth-order valence-electron chi connectivity index (χ4n) is 2.04. The summed E-state index contributed by atoms with van der Waals surface area (Å²) in [5.41, 5.74) is 1.81. The zero-order valence-corrected chi connectivity index (χ0v) is 12.7. The van der Waals surface area contributed by atoms with Crippen molar-refractivity contribution in [3.63, 3.8) is 0 Å². The quantitative estimate of drug-likeness (QED) is 0.677. The van der Waals surface area contributed by atoms with Crippen LogP contribution >= 0.6 is 11.3 Å². The summed E-state index contributed by atoms with van der Waals surface area (Å²) in [5, 5.41) is 1.89. The summed E-state index contributed by atoms with van der Waals surface area (Å²) >= 11 is 1.46. The summed E-state index contributed by atoms with van der Waals surface area (Å²) in [7, 11) is 0. The minimum absolute atomic E-state index is 0.276. The van der Waals surface area contributed by atoms with Crippen molar-refractivity contribution in [3.05, 3.63) is 41.7 Å². The van der Waals surface area contributed by atoms with Crippen molar-refractivity contribution in [2.45, 2.75) is 19.8 Å². The normalized spacial score (nSPS) is 10.8. The van der Waals surface area contributed by atoms with Crippen LogP contribution in [0.4, 0.5) is 4.39 Å². The van der Waals surface area contributed by atoms with Gasteiger partial charge in [-0.05, 0) is 30.0 Å². The molecule has 0 spiro atoms. The van der Waals surface area contributed by atoms with E-state index in [1.807, 2.05) is 18.4 Å². The maximum absolute atomic E-state index is 13.0. The number of rotatable bonds is 4. The molecule has 22 heavy (non-hydrogen) atoms. The van der Waals surface area contributed by atoms with E-state index in [1.54, 1.807) is 12.1 Å². The summed E-state index contributed by atoms with van der Waals surface area (Å²) < 4.78 is 19.2. The summed E-state index contributed by atoms with van der Waals surface area (Å²) in [6, 6.07) is 6.40. The van der Waals surface area contributed by atoms with Gasteiger partial charge >= 0.3 is 5.97 Å². The number of nitrogens with zero attached hydrogens (tertiary/aromatic N) is 2. The Bertz CT molecular complexity index is 815. The van der Waals surface area contributed by atoms with Gasteiger partial charge in [-0.2, -0.15) is 0 Å². The predicted molar refractivity (Wildman–Crippen MR) is 83.4 cm³/mol. The lowest BCUT2D eigenvalue weighted by molar-refractivity contribution is -0.134. The average Bonchev–Trinajstić information content (AvgIpc) is 2.97. The number of hydrogen-bond acceptors (Lipinski definition) is 5. The molecule has 0 bridgehead atoms. The number of pyridine rings is 2. The van der Waals surface area contributed by atoms with Crippen molar-refractivity contribution < 1.29 is 13.9 Å². The van der Waals surface area contributed by atoms with Crippen molar-refractivity contribution in [3.8, 4) is 17.1 Å². The fourth-order valence-corrected chi connectivity index (χ4v) is 2.82. The topological polar surface area (TPSA) is 52.1 Å². The third kappa shape index (κ3) is 2.96. The zero-order chi connectivity index (χ0) is 15.5. The van der Waals surface area contributed by atoms with Crippen molar-refractivity contribution >= 4 is 27.5 Å². The largest absolute Gasteiger partial charge is 0.425 e. The third-order valence-electron chi connectivity index (χ3n) is 3.04. The van der Waals surface area contributed by atoms with Crippen LogP contribution in [-0.2, 0) is 4.79 Å². The summed E-state index contributed by atoms with van der Waals surface area (Å²) in [6.45, 7) is 1.92. The number of ether oxygens (including phenoxy) is 1. The van der Waals surface area contributed by atoms with Crippen LogP contribution in [0.1, 0.15) is 19.8 Å². The monoisotopic (exact) mass is 316 g/mol. The smallest absolute Gasteiger partial charge is 0.311 e. The van der Waals surface area contributed by atoms with E-state index in [4.69, 9.17) is 4.74 Å². The molecule has 0 amide bonds. The molecule has 0 N–H and O–H groups in total. The molecule has 0 aromatic carbocycles. The first-order valence-corrected chi connectivity index (χ1v) is 7.76. The van der Waals surface area contributed by atoms with Gasteiger partial charge in [0.05, 0.1) is 27.8 Å². The van der Waals surface area contributed by atoms with Crippen LogP contribution in [0.15, 0.2) is 35.8 Å². The minimum atomic E-state index is -0.407. The second kappa shape index (κ2) is 6.19. The number of esters is 1. The summed E-state index contributed by atoms with van der Waals surface area (Å²) in [5.74, 6) is -0.212. The second-order valence-corrected chi connectivity index (χ2v) is 5.64. The molecular weight excluding hydrogens is 303 g/mol. The highest BCUT2D eigenvalue weighted by molar-refractivity contribution is 7.17. The Morgan fingerprint density at radius 2 is 2.18 bits per heavy atom. The van der Waals surface area contributed by atoms with Gasteiger partial charge in [0, 0.05) is 12.5 Å². The lowest BCUT2D eigenvalue weighted by atomic mass is 10.2. The van der Waals surface area contributed by atoms with E-state index in [2.05, 4.69) is 9.97 Å². The number of thiophene rings is 1. The maximum Gasteiger partial charge on any atom is 0.311 e. The number of aromatic nitrogens is 2. The maximum atomic E-state index is 13.0. The highest BCUT2D eigenvalue weighted by Crippen LogP contribution is 2.33. The summed E-state index contributed by atoms with van der Waals surface area (Å²) in [4.78, 5) is 20.3. The molecule has 3 aromatic heterocycles. The molecule has 0 aliphatic heterocycles. The fraction of sp³-hybridized carbons (Fsp3) is 0.188. The van der Waals surface area contributed by atoms with Gasteiger partial charge < -0.3 is 4.74 Å². The van der Waals surface area contributed by atoms with Gasteiger partial charge in [0.15, 0.2) is 5.75 Å². The third-order valence-corrected chi connectivity index (χ3v) is 3.96. The lowest BCUT2D eigenvalue weighted by Gasteiger charge is -2.07. The van der Waals surface area contributed by atoms with E-state index in [0.29, 0.717) is 23.6 Å². The van der Waals surface area contributed by atoms with E-state index >= 15 is 0 Å². The summed E-state index contributed by atoms with van der Waals surface area (Å²) in [6.07, 6.45) is 2.22. The molecule has 112 valence electrons. The van der Waals surface area contributed by atoms with Gasteiger partial charge in [-0.3, -0.25) is 9.78 Å². The predicted octanol–water partition coefficient (Wildman–Crippen LogP) is 4.20. The van der Waals surface area contributed by atoms with Crippen LogP contribution in [0.3, 0.4) is 0 Å². The van der Waals surface area contributed by atoms with Crippen LogP contribution < -0.4 is 4.74 Å². The van der Waals surface area contributed by atoms with Gasteiger partial charge in [0.2, 0.25) is 0 Å². The lowest BCUT2D eigenvalue weighted by Crippen LogP contribution is -2.07. The second-order valence-electron chi connectivity index (χ2n) is 4.73. The van der Waals surface area contributed by atoms with Crippen molar-refractivity contribution in [1.82, 2.24) is 9.97 Å². The molecule has 0 saturated carbocycles. The van der Waals surface area contributed by atoms with Crippen LogP contribution in [-0.4, -0.2) is 15.9 Å². The van der Waals surface area contributed by atoms with Gasteiger partial charge in [-0.1, -0.05) is 6.92 Å². The molecule has 3 rings (SSSR count). The molecule has 3 heterocycles. The highest BCUT2D eigenvalue weighted by atomic mass is 32.1. The Kier molecular flexibility index (Phi) is 4.11. The van der Waals surface area contributed by atoms with Gasteiger partial charge in [0.1, 0.15) is 5.82 Å². The Labute approximate surface area is 130 Å². The number of halogens is 1. The van der Waals surface area contributed by atoms with E-state index in [9.17, 15) is 9.18 Å². The van der Waals surface area contributed by atoms with E-state index < -0.39 is 5.82 Å². The van der Waals surface area contributed by atoms with Crippen LogP contribution in [0.5, 0.6) is 5.75 Å². The molecule has 0 saturated heterocycles. The molecule has 4 nitrogen and oxygen atoms in total. The first-order chi connectivity index (χ1) is 10.7. The number of carbonyl (C=O) groups is 1. The van der Waals surface area contributed by atoms with Crippen molar-refractivity contribution in [2.75, 3.05) is 0 Å². The molecule has 0 radical (unpaired) electrons. The molecule has 0 aliphatic carbocycles. The Morgan fingerprint density at radius 1 is 1.32 bits per heavy atom. The first kappa shape index (κ1) is 14.6. The Balaban J connectivity index is 2.05. The number of fused-ring (bicyclic) bond motifs is 1. The van der Waals surface area contributed by atoms with E-state index in [0.717, 1.165) is 22.8 Å². The molecular formula is C16H13FN2O2S. The number of carbonyl (C=O) groups excluding carboxylic acids is 1. The van der Waals surface area contributed by atoms with Crippen LogP contribution in [0.25, 0.3) is 21.6 Å². The molecule has 0 atom stereocenters. The zero-order valence-electron chi connectivity index (χ0n) is 11.9. The minimum Gasteiger partial charge on any atom is -0.425 e. The van der Waals surface area contributed by atoms with Gasteiger partial charge in [-0.25, -0.2) is 9.37 Å². The highest BCUT2D eigenvalue weighted by Gasteiger charge is 2.13.